The molecule has 1 N–H and O–H groups in total. The van der Waals surface area contributed by atoms with Crippen molar-refractivity contribution in [2.75, 3.05) is 7.05 Å². The van der Waals surface area contributed by atoms with Gasteiger partial charge in [0.05, 0.1) is 6.61 Å². The molecule has 0 spiro atoms. The smallest absolute Gasteiger partial charge is 0.413 e. The Morgan fingerprint density at radius 2 is 2.12 bits per heavy atom. The number of benzene rings is 1. The summed E-state index contributed by atoms with van der Waals surface area (Å²) in [4.78, 5) is 15.8. The standard InChI is InChI=1S/C16H17F3N2O4S/c1-21(16(22)23)15-20-10-9(17)11(12(13(18)19)25-14(10)26-15)24-7-8-5-3-2-4-6-8/h2-6,9-14H,7H2,1H3,(H,22,23)/t9-,10+,11-,12-,14+/m0/s1. The summed E-state index contributed by atoms with van der Waals surface area (Å²) in [5.41, 5.74) is -0.303. The van der Waals surface area contributed by atoms with Crippen LogP contribution in [0.15, 0.2) is 35.3 Å². The molecule has 0 aromatic heterocycles. The maximum absolute atomic E-state index is 14.9. The number of rotatable bonds is 4. The van der Waals surface area contributed by atoms with Gasteiger partial charge in [-0.2, -0.15) is 0 Å². The molecule has 1 aromatic rings. The third-order valence-corrected chi connectivity index (χ3v) is 5.33. The highest BCUT2D eigenvalue weighted by Gasteiger charge is 2.53. The summed E-state index contributed by atoms with van der Waals surface area (Å²) in [5.74, 6) is 0. The number of hydrogen-bond acceptors (Lipinski definition) is 5. The predicted octanol–water partition coefficient (Wildman–Crippen LogP) is 2.98. The van der Waals surface area contributed by atoms with Crippen LogP contribution in [0.25, 0.3) is 0 Å². The molecule has 0 saturated carbocycles. The lowest BCUT2D eigenvalue weighted by atomic mass is 9.99. The largest absolute Gasteiger partial charge is 0.465 e. The van der Waals surface area contributed by atoms with Crippen LogP contribution in [-0.4, -0.2) is 64.6 Å². The van der Waals surface area contributed by atoms with E-state index in [1.165, 1.54) is 7.05 Å². The first-order valence-corrected chi connectivity index (χ1v) is 8.70. The summed E-state index contributed by atoms with van der Waals surface area (Å²) in [6, 6.07) is 7.68. The number of fused-ring (bicyclic) bond motifs is 1. The summed E-state index contributed by atoms with van der Waals surface area (Å²) >= 11 is 0.816. The van der Waals surface area contributed by atoms with Crippen LogP contribution in [0.1, 0.15) is 5.56 Å². The number of amidine groups is 1. The molecule has 1 amide bonds. The zero-order valence-electron chi connectivity index (χ0n) is 13.7. The minimum absolute atomic E-state index is 0.00637. The quantitative estimate of drug-likeness (QED) is 0.856. The van der Waals surface area contributed by atoms with Crippen LogP contribution in [0.2, 0.25) is 0 Å². The molecule has 2 heterocycles. The lowest BCUT2D eigenvalue weighted by molar-refractivity contribution is -0.199. The number of halogens is 3. The van der Waals surface area contributed by atoms with Crippen LogP contribution in [0.5, 0.6) is 0 Å². The first-order chi connectivity index (χ1) is 12.4. The number of alkyl halides is 3. The van der Waals surface area contributed by atoms with Gasteiger partial charge in [0.2, 0.25) is 0 Å². The van der Waals surface area contributed by atoms with E-state index in [0.717, 1.165) is 16.7 Å². The number of thioether (sulfide) groups is 1. The number of aliphatic imine (C=N–C) groups is 1. The molecule has 6 nitrogen and oxygen atoms in total. The van der Waals surface area contributed by atoms with Crippen LogP contribution in [0, 0.1) is 0 Å². The van der Waals surface area contributed by atoms with Gasteiger partial charge in [0, 0.05) is 7.05 Å². The topological polar surface area (TPSA) is 71.4 Å². The van der Waals surface area contributed by atoms with E-state index in [9.17, 15) is 18.0 Å². The van der Waals surface area contributed by atoms with Gasteiger partial charge in [0.1, 0.15) is 23.7 Å². The predicted molar refractivity (Wildman–Crippen MR) is 89.2 cm³/mol. The molecule has 0 bridgehead atoms. The van der Waals surface area contributed by atoms with Gasteiger partial charge >= 0.3 is 6.09 Å². The molecule has 0 aliphatic carbocycles. The third-order valence-electron chi connectivity index (χ3n) is 4.12. The van der Waals surface area contributed by atoms with Crippen molar-refractivity contribution in [2.24, 2.45) is 4.99 Å². The molecule has 3 rings (SSSR count). The lowest BCUT2D eigenvalue weighted by Gasteiger charge is -2.39. The fourth-order valence-corrected chi connectivity index (χ4v) is 3.89. The molecule has 1 fully saturated rings. The fourth-order valence-electron chi connectivity index (χ4n) is 2.73. The van der Waals surface area contributed by atoms with Crippen molar-refractivity contribution in [2.45, 2.75) is 42.9 Å². The summed E-state index contributed by atoms with van der Waals surface area (Å²) < 4.78 is 52.4. The van der Waals surface area contributed by atoms with Gasteiger partial charge in [-0.1, -0.05) is 42.1 Å². The Morgan fingerprint density at radius 3 is 2.73 bits per heavy atom. The normalized spacial score (nSPS) is 30.8. The number of nitrogens with zero attached hydrogens (tertiary/aromatic N) is 2. The number of hydrogen-bond donors (Lipinski definition) is 1. The highest BCUT2D eigenvalue weighted by atomic mass is 32.2. The van der Waals surface area contributed by atoms with E-state index < -0.39 is 42.4 Å². The Labute approximate surface area is 152 Å². The maximum Gasteiger partial charge on any atom is 0.413 e. The van der Waals surface area contributed by atoms with Crippen molar-refractivity contribution >= 4 is 23.0 Å². The average molecular weight is 390 g/mol. The van der Waals surface area contributed by atoms with E-state index >= 15 is 0 Å². The van der Waals surface area contributed by atoms with Crippen molar-refractivity contribution in [3.05, 3.63) is 35.9 Å². The van der Waals surface area contributed by atoms with Crippen molar-refractivity contribution in [3.63, 3.8) is 0 Å². The van der Waals surface area contributed by atoms with Crippen LogP contribution in [0.3, 0.4) is 0 Å². The van der Waals surface area contributed by atoms with E-state index in [4.69, 9.17) is 14.6 Å². The first-order valence-electron chi connectivity index (χ1n) is 7.83. The van der Waals surface area contributed by atoms with Gasteiger partial charge in [-0.3, -0.25) is 9.89 Å². The molecule has 2 aliphatic heterocycles. The van der Waals surface area contributed by atoms with Gasteiger partial charge in [-0.05, 0) is 5.56 Å². The molecule has 142 valence electrons. The summed E-state index contributed by atoms with van der Waals surface area (Å²) in [7, 11) is 1.24. The number of ether oxygens (including phenoxy) is 2. The Morgan fingerprint density at radius 1 is 1.42 bits per heavy atom. The zero-order chi connectivity index (χ0) is 18.8. The van der Waals surface area contributed by atoms with Gasteiger partial charge < -0.3 is 14.6 Å². The molecule has 0 radical (unpaired) electrons. The summed E-state index contributed by atoms with van der Waals surface area (Å²) in [6.07, 6.45) is -9.34. The SMILES string of the molecule is CN(C(=O)O)C1=N[C@@H]2[C@H](F)[C@H](OCc3ccccc3)[C@@H](C(F)F)O[C@@H]2S1. The Kier molecular flexibility index (Phi) is 5.73. The minimum atomic E-state index is -2.95. The molecule has 1 aromatic carbocycles. The van der Waals surface area contributed by atoms with E-state index in [0.29, 0.717) is 5.56 Å². The Hall–Kier alpha value is -1.78. The molecule has 0 unspecified atom stereocenters. The first kappa shape index (κ1) is 19.0. The second-order valence-corrected chi connectivity index (χ2v) is 6.94. The number of amides is 1. The number of carboxylic acid groups (broad SMARTS) is 1. The highest BCUT2D eigenvalue weighted by Crippen LogP contribution is 2.41. The monoisotopic (exact) mass is 390 g/mol. The molecule has 5 atom stereocenters. The van der Waals surface area contributed by atoms with Gasteiger partial charge in [-0.25, -0.2) is 18.0 Å². The van der Waals surface area contributed by atoms with E-state index in [-0.39, 0.29) is 11.8 Å². The molecule has 1 saturated heterocycles. The van der Waals surface area contributed by atoms with Crippen LogP contribution >= 0.6 is 11.8 Å². The zero-order valence-corrected chi connectivity index (χ0v) is 14.5. The van der Waals surface area contributed by atoms with Crippen LogP contribution < -0.4 is 0 Å². The maximum atomic E-state index is 14.9. The second-order valence-electron chi connectivity index (χ2n) is 5.87. The van der Waals surface area contributed by atoms with E-state index in [2.05, 4.69) is 4.99 Å². The van der Waals surface area contributed by atoms with E-state index in [1.54, 1.807) is 30.3 Å². The summed E-state index contributed by atoms with van der Waals surface area (Å²) in [5, 5.41) is 9.00. The molecule has 26 heavy (non-hydrogen) atoms. The average Bonchev–Trinajstić information content (AvgIpc) is 3.05. The van der Waals surface area contributed by atoms with Crippen molar-refractivity contribution in [1.29, 1.82) is 0 Å². The Balaban J connectivity index is 1.76. The van der Waals surface area contributed by atoms with Crippen LogP contribution in [0.4, 0.5) is 18.0 Å². The minimum Gasteiger partial charge on any atom is -0.465 e. The second kappa shape index (κ2) is 7.85. The summed E-state index contributed by atoms with van der Waals surface area (Å²) in [6.45, 7) is -0.0470. The van der Waals surface area contributed by atoms with Crippen LogP contribution in [-0.2, 0) is 16.1 Å². The Bertz CT molecular complexity index is 679. The van der Waals surface area contributed by atoms with E-state index in [1.807, 2.05) is 0 Å². The molecular weight excluding hydrogens is 373 g/mol. The van der Waals surface area contributed by atoms with Gasteiger partial charge in [0.25, 0.3) is 6.43 Å². The number of carbonyl (C=O) groups is 1. The lowest BCUT2D eigenvalue weighted by Crippen LogP contribution is -2.56. The molecule has 2 aliphatic rings. The van der Waals surface area contributed by atoms with Gasteiger partial charge in [-0.15, -0.1) is 0 Å². The van der Waals surface area contributed by atoms with Gasteiger partial charge in [0.15, 0.2) is 11.3 Å². The van der Waals surface area contributed by atoms with Crippen molar-refractivity contribution < 1.29 is 32.5 Å². The third kappa shape index (κ3) is 3.81. The highest BCUT2D eigenvalue weighted by molar-refractivity contribution is 8.14. The fraction of sp³-hybridized carbons (Fsp3) is 0.500. The molecule has 10 heteroatoms. The molecular formula is C16H17F3N2O4S. The van der Waals surface area contributed by atoms with Crippen molar-refractivity contribution in [3.8, 4) is 0 Å². The van der Waals surface area contributed by atoms with Crippen molar-refractivity contribution in [1.82, 2.24) is 4.90 Å².